The number of hydrazone groups is 1. The van der Waals surface area contributed by atoms with E-state index in [2.05, 4.69) is 20.7 Å². The molecule has 0 unspecified atom stereocenters. The Bertz CT molecular complexity index is 1380. The van der Waals surface area contributed by atoms with Gasteiger partial charge in [0.1, 0.15) is 0 Å². The van der Waals surface area contributed by atoms with Gasteiger partial charge in [-0.25, -0.2) is 5.43 Å². The largest absolute Gasteiger partial charge is 0.272 e. The SMILES string of the molecule is C/C(=N\NC(=O)CSc1nnc(-c2ccc(C)cc2)n1-c1ccccc1)c1cccc([N+](=O)[O-])c1. The number of carbonyl (C=O) groups excluding carboxylic acids is 1. The van der Waals surface area contributed by atoms with E-state index in [1.54, 1.807) is 19.1 Å². The first-order chi connectivity index (χ1) is 16.9. The summed E-state index contributed by atoms with van der Waals surface area (Å²) in [7, 11) is 0. The van der Waals surface area contributed by atoms with Crippen molar-refractivity contribution in [1.82, 2.24) is 20.2 Å². The molecule has 0 saturated heterocycles. The molecule has 0 saturated carbocycles. The number of hydrogen-bond donors (Lipinski definition) is 1. The zero-order valence-electron chi connectivity index (χ0n) is 19.1. The highest BCUT2D eigenvalue weighted by atomic mass is 32.2. The van der Waals surface area contributed by atoms with Gasteiger partial charge in [-0.1, -0.05) is 71.9 Å². The Labute approximate surface area is 206 Å². The van der Waals surface area contributed by atoms with E-state index in [1.165, 1.54) is 23.9 Å². The maximum absolute atomic E-state index is 12.5. The van der Waals surface area contributed by atoms with Crippen LogP contribution in [-0.2, 0) is 4.79 Å². The van der Waals surface area contributed by atoms with Gasteiger partial charge in [0.2, 0.25) is 0 Å². The van der Waals surface area contributed by atoms with Gasteiger partial charge in [0, 0.05) is 28.9 Å². The van der Waals surface area contributed by atoms with E-state index in [-0.39, 0.29) is 17.3 Å². The molecule has 0 bridgehead atoms. The summed E-state index contributed by atoms with van der Waals surface area (Å²) in [5.74, 6) is 0.405. The number of rotatable bonds is 8. The van der Waals surface area contributed by atoms with E-state index in [4.69, 9.17) is 0 Å². The van der Waals surface area contributed by atoms with Crippen LogP contribution in [0.2, 0.25) is 0 Å². The molecule has 0 aliphatic heterocycles. The number of para-hydroxylation sites is 1. The predicted octanol–water partition coefficient (Wildman–Crippen LogP) is 4.78. The predicted molar refractivity (Wildman–Crippen MR) is 136 cm³/mol. The van der Waals surface area contributed by atoms with Crippen LogP contribution in [0.4, 0.5) is 5.69 Å². The maximum atomic E-state index is 12.5. The zero-order chi connectivity index (χ0) is 24.8. The van der Waals surface area contributed by atoms with E-state index in [0.29, 0.717) is 22.3 Å². The molecule has 1 aromatic heterocycles. The third-order valence-corrected chi connectivity index (χ3v) is 6.04. The Balaban J connectivity index is 1.50. The zero-order valence-corrected chi connectivity index (χ0v) is 19.9. The Hall–Kier alpha value is -4.31. The number of nitrogens with zero attached hydrogens (tertiary/aromatic N) is 5. The smallest absolute Gasteiger partial charge is 0.270 e. The Kier molecular flexibility index (Phi) is 7.32. The molecule has 0 fully saturated rings. The lowest BCUT2D eigenvalue weighted by Gasteiger charge is -2.10. The number of amides is 1. The number of nitro groups is 1. The molecule has 0 spiro atoms. The molecule has 4 aromatic rings. The van der Waals surface area contributed by atoms with E-state index in [1.807, 2.05) is 66.1 Å². The van der Waals surface area contributed by atoms with Crippen molar-refractivity contribution in [2.45, 2.75) is 19.0 Å². The molecule has 1 N–H and O–H groups in total. The molecule has 10 heteroatoms. The summed E-state index contributed by atoms with van der Waals surface area (Å²) in [4.78, 5) is 23.0. The van der Waals surface area contributed by atoms with Gasteiger partial charge in [-0.05, 0) is 26.0 Å². The minimum absolute atomic E-state index is 0.0384. The second kappa shape index (κ2) is 10.7. The van der Waals surface area contributed by atoms with Crippen molar-refractivity contribution >= 4 is 29.1 Å². The van der Waals surface area contributed by atoms with Gasteiger partial charge in [0.05, 0.1) is 16.4 Å². The fourth-order valence-corrected chi connectivity index (χ4v) is 4.02. The third-order valence-electron chi connectivity index (χ3n) is 5.11. The molecule has 9 nitrogen and oxygen atoms in total. The molecular weight excluding hydrogens is 464 g/mol. The number of aromatic nitrogens is 3. The summed E-state index contributed by atoms with van der Waals surface area (Å²) in [5, 5.41) is 24.3. The summed E-state index contributed by atoms with van der Waals surface area (Å²) in [6.45, 7) is 3.70. The minimum Gasteiger partial charge on any atom is -0.272 e. The van der Waals surface area contributed by atoms with Gasteiger partial charge in [0.15, 0.2) is 11.0 Å². The maximum Gasteiger partial charge on any atom is 0.270 e. The second-order valence-corrected chi connectivity index (χ2v) is 8.61. The van der Waals surface area contributed by atoms with Gasteiger partial charge in [-0.3, -0.25) is 19.5 Å². The van der Waals surface area contributed by atoms with Gasteiger partial charge in [0.25, 0.3) is 11.6 Å². The minimum atomic E-state index is -0.472. The van der Waals surface area contributed by atoms with Crippen molar-refractivity contribution in [3.05, 3.63) is 100 Å². The van der Waals surface area contributed by atoms with Crippen LogP contribution < -0.4 is 5.43 Å². The number of hydrogen-bond acceptors (Lipinski definition) is 7. The molecule has 35 heavy (non-hydrogen) atoms. The molecule has 3 aromatic carbocycles. The first-order valence-corrected chi connectivity index (χ1v) is 11.7. The molecule has 4 rings (SSSR count). The summed E-state index contributed by atoms with van der Waals surface area (Å²) in [5.41, 5.74) is 6.43. The fourth-order valence-electron chi connectivity index (χ4n) is 3.28. The van der Waals surface area contributed by atoms with E-state index in [9.17, 15) is 14.9 Å². The summed E-state index contributed by atoms with van der Waals surface area (Å²) < 4.78 is 1.92. The van der Waals surface area contributed by atoms with Crippen molar-refractivity contribution in [3.63, 3.8) is 0 Å². The highest BCUT2D eigenvalue weighted by molar-refractivity contribution is 7.99. The first-order valence-electron chi connectivity index (χ1n) is 10.7. The van der Waals surface area contributed by atoms with Crippen molar-refractivity contribution < 1.29 is 9.72 Å². The number of benzene rings is 3. The molecule has 176 valence electrons. The van der Waals surface area contributed by atoms with Crippen molar-refractivity contribution in [2.24, 2.45) is 5.10 Å². The fraction of sp³-hybridized carbons (Fsp3) is 0.120. The summed E-state index contributed by atoms with van der Waals surface area (Å²) in [6.07, 6.45) is 0. The molecule has 0 aliphatic rings. The number of non-ortho nitro benzene ring substituents is 1. The average molecular weight is 487 g/mol. The highest BCUT2D eigenvalue weighted by Crippen LogP contribution is 2.28. The Morgan fingerprint density at radius 2 is 1.80 bits per heavy atom. The van der Waals surface area contributed by atoms with Crippen LogP contribution in [-0.4, -0.2) is 37.1 Å². The molecule has 1 heterocycles. The molecular formula is C25H22N6O3S. The monoisotopic (exact) mass is 486 g/mol. The lowest BCUT2D eigenvalue weighted by atomic mass is 10.1. The quantitative estimate of drug-likeness (QED) is 0.166. The van der Waals surface area contributed by atoms with Crippen LogP contribution in [0.25, 0.3) is 17.1 Å². The number of aryl methyl sites for hydroxylation is 1. The molecule has 0 aliphatic carbocycles. The van der Waals surface area contributed by atoms with Crippen molar-refractivity contribution in [3.8, 4) is 17.1 Å². The van der Waals surface area contributed by atoms with E-state index < -0.39 is 4.92 Å². The van der Waals surface area contributed by atoms with Crippen molar-refractivity contribution in [1.29, 1.82) is 0 Å². The Morgan fingerprint density at radius 1 is 1.06 bits per heavy atom. The number of carbonyl (C=O) groups is 1. The van der Waals surface area contributed by atoms with Crippen LogP contribution in [0.1, 0.15) is 18.1 Å². The summed E-state index contributed by atoms with van der Waals surface area (Å²) in [6, 6.07) is 23.8. The number of nitrogens with one attached hydrogen (secondary N) is 1. The van der Waals surface area contributed by atoms with Gasteiger partial charge >= 0.3 is 0 Å². The molecule has 0 atom stereocenters. The first kappa shape index (κ1) is 23.8. The van der Waals surface area contributed by atoms with Crippen LogP contribution in [0, 0.1) is 17.0 Å². The Morgan fingerprint density at radius 3 is 2.51 bits per heavy atom. The second-order valence-electron chi connectivity index (χ2n) is 7.67. The third kappa shape index (κ3) is 5.79. The van der Waals surface area contributed by atoms with Crippen molar-refractivity contribution in [2.75, 3.05) is 5.75 Å². The molecule has 1 amide bonds. The lowest BCUT2D eigenvalue weighted by molar-refractivity contribution is -0.384. The molecule has 0 radical (unpaired) electrons. The van der Waals surface area contributed by atoms with E-state index in [0.717, 1.165) is 16.8 Å². The standard InChI is InChI=1S/C25H22N6O3S/c1-17-11-13-19(14-12-17)24-28-29-25(30(24)21-8-4-3-5-9-21)35-16-23(32)27-26-18(2)20-7-6-10-22(15-20)31(33)34/h3-15H,16H2,1-2H3,(H,27,32)/b26-18+. The van der Waals surface area contributed by atoms with E-state index >= 15 is 0 Å². The average Bonchev–Trinajstić information content (AvgIpc) is 3.31. The topological polar surface area (TPSA) is 115 Å². The van der Waals surface area contributed by atoms with Gasteiger partial charge in [-0.15, -0.1) is 10.2 Å². The van der Waals surface area contributed by atoms with Crippen LogP contribution in [0.3, 0.4) is 0 Å². The summed E-state index contributed by atoms with van der Waals surface area (Å²) >= 11 is 1.24. The normalized spacial score (nSPS) is 11.3. The number of thioether (sulfide) groups is 1. The van der Waals surface area contributed by atoms with Crippen LogP contribution in [0.5, 0.6) is 0 Å². The lowest BCUT2D eigenvalue weighted by Crippen LogP contribution is -2.21. The van der Waals surface area contributed by atoms with Crippen LogP contribution >= 0.6 is 11.8 Å². The van der Waals surface area contributed by atoms with Gasteiger partial charge < -0.3 is 0 Å². The highest BCUT2D eigenvalue weighted by Gasteiger charge is 2.17. The van der Waals surface area contributed by atoms with Gasteiger partial charge in [-0.2, -0.15) is 5.10 Å². The number of nitro benzene ring substituents is 1. The van der Waals surface area contributed by atoms with Crippen LogP contribution in [0.15, 0.2) is 89.1 Å².